The Morgan fingerprint density at radius 1 is 1.67 bits per heavy atom. The van der Waals surface area contributed by atoms with Gasteiger partial charge in [-0.1, -0.05) is 0 Å². The van der Waals surface area contributed by atoms with Crippen LogP contribution in [-0.4, -0.2) is 13.1 Å². The first-order valence-corrected chi connectivity index (χ1v) is 1.27. The van der Waals surface area contributed by atoms with Crippen LogP contribution in [0.15, 0.2) is 15.4 Å². The topological polar surface area (TPSA) is 54.1 Å². The van der Waals surface area contributed by atoms with Crippen LogP contribution in [0.1, 0.15) is 0 Å². The molecule has 4 nitrogen and oxygen atoms in total. The second kappa shape index (κ2) is 3.98. The summed E-state index contributed by atoms with van der Waals surface area (Å²) in [5, 5.41) is 8.78. The number of hydrogen-bond acceptors (Lipinski definition) is 3. The van der Waals surface area contributed by atoms with Gasteiger partial charge in [0.25, 0.3) is 6.08 Å². The van der Waals surface area contributed by atoms with E-state index in [1.165, 1.54) is 13.1 Å². The lowest BCUT2D eigenvalue weighted by Gasteiger charge is -1.55. The molecule has 0 heterocycles. The van der Waals surface area contributed by atoms with Gasteiger partial charge in [0.1, 0.15) is 0 Å². The van der Waals surface area contributed by atoms with Crippen molar-refractivity contribution in [2.75, 3.05) is 7.05 Å². The highest BCUT2D eigenvalue weighted by atomic mass is 16.1. The molecule has 0 aliphatic rings. The smallest absolute Gasteiger partial charge is 0.209 e. The zero-order valence-corrected chi connectivity index (χ0v) is 3.25. The molecule has 0 bridgehead atoms. The van der Waals surface area contributed by atoms with Crippen LogP contribution in [0.3, 0.4) is 0 Å². The monoisotopic (exact) mass is 85.0 g/mol. The third-order valence-electron chi connectivity index (χ3n) is 0.175. The molecule has 0 aromatic rings. The SMILES string of the molecule is CN=NN=C=O. The van der Waals surface area contributed by atoms with Crippen molar-refractivity contribution in [2.24, 2.45) is 15.4 Å². The van der Waals surface area contributed by atoms with Crippen molar-refractivity contribution in [3.63, 3.8) is 0 Å². The molecule has 0 aromatic carbocycles. The first kappa shape index (κ1) is 4.98. The van der Waals surface area contributed by atoms with Crippen LogP contribution < -0.4 is 0 Å². The molecule has 0 amide bonds. The average Bonchev–Trinajstić information content (AvgIpc) is 1.61. The van der Waals surface area contributed by atoms with Gasteiger partial charge >= 0.3 is 0 Å². The van der Waals surface area contributed by atoms with Crippen LogP contribution in [-0.2, 0) is 4.79 Å². The standard InChI is InChI=1S/C2H3N3O/c1-3-5-4-2-6/h1H3. The summed E-state index contributed by atoms with van der Waals surface area (Å²) in [6, 6.07) is 0. The maximum Gasteiger partial charge on any atom is 0.261 e. The molecule has 0 aliphatic carbocycles. The zero-order valence-electron chi connectivity index (χ0n) is 3.25. The van der Waals surface area contributed by atoms with Crippen molar-refractivity contribution in [3.8, 4) is 0 Å². The zero-order chi connectivity index (χ0) is 4.83. The van der Waals surface area contributed by atoms with E-state index in [1.807, 2.05) is 0 Å². The molecule has 0 spiro atoms. The summed E-state index contributed by atoms with van der Waals surface area (Å²) in [6.45, 7) is 0. The fraction of sp³-hybridized carbons (Fsp3) is 0.500. The van der Waals surface area contributed by atoms with E-state index in [2.05, 4.69) is 15.4 Å². The molecule has 0 N–H and O–H groups in total. The molecular formula is C2H3N3O. The van der Waals surface area contributed by atoms with Gasteiger partial charge in [-0.25, -0.2) is 4.79 Å². The van der Waals surface area contributed by atoms with Crippen molar-refractivity contribution in [1.82, 2.24) is 0 Å². The fourth-order valence-electron chi connectivity index (χ4n) is 0.0630. The minimum Gasteiger partial charge on any atom is -0.209 e. The van der Waals surface area contributed by atoms with E-state index in [9.17, 15) is 0 Å². The molecule has 0 saturated heterocycles. The van der Waals surface area contributed by atoms with Crippen LogP contribution in [0.2, 0.25) is 0 Å². The van der Waals surface area contributed by atoms with Crippen LogP contribution in [0.4, 0.5) is 0 Å². The molecule has 32 valence electrons. The van der Waals surface area contributed by atoms with Gasteiger partial charge in [0.15, 0.2) is 0 Å². The van der Waals surface area contributed by atoms with E-state index in [4.69, 9.17) is 4.79 Å². The predicted octanol–water partition coefficient (Wildman–Crippen LogP) is 0.319. The summed E-state index contributed by atoms with van der Waals surface area (Å²) in [4.78, 5) is 9.12. The Bertz CT molecular complexity index is 91.0. The van der Waals surface area contributed by atoms with Crippen LogP contribution >= 0.6 is 0 Å². The Hall–Kier alpha value is -1.02. The van der Waals surface area contributed by atoms with Gasteiger partial charge in [0.2, 0.25) is 0 Å². The average molecular weight is 85.1 g/mol. The van der Waals surface area contributed by atoms with Gasteiger partial charge in [0, 0.05) is 0 Å². The van der Waals surface area contributed by atoms with E-state index in [0.29, 0.717) is 0 Å². The largest absolute Gasteiger partial charge is 0.261 e. The molecule has 4 heteroatoms. The first-order valence-electron chi connectivity index (χ1n) is 1.27. The molecule has 0 atom stereocenters. The molecule has 0 saturated carbocycles. The molecule has 0 aromatic heterocycles. The van der Waals surface area contributed by atoms with Crippen molar-refractivity contribution >= 4 is 6.08 Å². The number of isocyanates is 1. The van der Waals surface area contributed by atoms with E-state index in [-0.39, 0.29) is 0 Å². The molecule has 0 fully saturated rings. The van der Waals surface area contributed by atoms with Crippen molar-refractivity contribution in [1.29, 1.82) is 0 Å². The Morgan fingerprint density at radius 3 is 2.50 bits per heavy atom. The van der Waals surface area contributed by atoms with Gasteiger partial charge in [-0.15, -0.1) is 0 Å². The lowest BCUT2D eigenvalue weighted by Crippen LogP contribution is -1.44. The molecule has 0 unspecified atom stereocenters. The molecular weight excluding hydrogens is 82.0 g/mol. The number of hydrogen-bond donors (Lipinski definition) is 0. The highest BCUT2D eigenvalue weighted by Gasteiger charge is 1.49. The van der Waals surface area contributed by atoms with E-state index >= 15 is 0 Å². The second-order valence-electron chi connectivity index (χ2n) is 0.481. The summed E-state index contributed by atoms with van der Waals surface area (Å²) in [6.07, 6.45) is 1.18. The van der Waals surface area contributed by atoms with Gasteiger partial charge in [-0.05, 0) is 10.3 Å². The van der Waals surface area contributed by atoms with Crippen LogP contribution in [0.5, 0.6) is 0 Å². The van der Waals surface area contributed by atoms with Crippen molar-refractivity contribution in [2.45, 2.75) is 0 Å². The summed E-state index contributed by atoms with van der Waals surface area (Å²) in [5.41, 5.74) is 0. The van der Waals surface area contributed by atoms with Gasteiger partial charge in [-0.2, -0.15) is 5.11 Å². The molecule has 0 radical (unpaired) electrons. The summed E-state index contributed by atoms with van der Waals surface area (Å²) < 4.78 is 0. The lowest BCUT2D eigenvalue weighted by molar-refractivity contribution is 0.563. The Labute approximate surface area is 34.6 Å². The number of carbonyl (C=O) groups excluding carboxylic acids is 1. The maximum absolute atomic E-state index is 9.12. The number of rotatable bonds is 1. The summed E-state index contributed by atoms with van der Waals surface area (Å²) in [7, 11) is 1.42. The maximum atomic E-state index is 9.12. The second-order valence-corrected chi connectivity index (χ2v) is 0.481. The molecule has 0 aliphatic heterocycles. The fourth-order valence-corrected chi connectivity index (χ4v) is 0.0630. The van der Waals surface area contributed by atoms with E-state index < -0.39 is 0 Å². The summed E-state index contributed by atoms with van der Waals surface area (Å²) >= 11 is 0. The minimum absolute atomic E-state index is 1.18. The molecule has 0 rings (SSSR count). The van der Waals surface area contributed by atoms with Crippen LogP contribution in [0.25, 0.3) is 0 Å². The van der Waals surface area contributed by atoms with Gasteiger partial charge in [-0.3, -0.25) is 0 Å². The van der Waals surface area contributed by atoms with Gasteiger partial charge < -0.3 is 0 Å². The predicted molar refractivity (Wildman–Crippen MR) is 18.9 cm³/mol. The van der Waals surface area contributed by atoms with E-state index in [1.54, 1.807) is 0 Å². The highest BCUT2D eigenvalue weighted by molar-refractivity contribution is 5.31. The summed E-state index contributed by atoms with van der Waals surface area (Å²) in [5.74, 6) is 0. The Morgan fingerprint density at radius 2 is 2.33 bits per heavy atom. The minimum atomic E-state index is 1.18. The molecule has 6 heavy (non-hydrogen) atoms. The van der Waals surface area contributed by atoms with Crippen molar-refractivity contribution in [3.05, 3.63) is 0 Å². The van der Waals surface area contributed by atoms with E-state index in [0.717, 1.165) is 0 Å². The third kappa shape index (κ3) is 2.98. The van der Waals surface area contributed by atoms with Crippen molar-refractivity contribution < 1.29 is 4.79 Å². The number of nitrogens with zero attached hydrogens (tertiary/aromatic N) is 3. The van der Waals surface area contributed by atoms with Crippen LogP contribution in [0, 0.1) is 0 Å². The normalized spacial score (nSPS) is 8.17. The Kier molecular flexibility index (Phi) is 3.30. The first-order chi connectivity index (χ1) is 2.91. The van der Waals surface area contributed by atoms with Gasteiger partial charge in [0.05, 0.1) is 7.05 Å². The third-order valence-corrected chi connectivity index (χ3v) is 0.175. The quantitative estimate of drug-likeness (QED) is 0.196. The Balaban J connectivity index is 3.33. The highest BCUT2D eigenvalue weighted by Crippen LogP contribution is 1.63. The lowest BCUT2D eigenvalue weighted by atomic mass is 11.5.